The lowest BCUT2D eigenvalue weighted by molar-refractivity contribution is 0.0952. The van der Waals surface area contributed by atoms with Crippen molar-refractivity contribution in [2.24, 2.45) is 0 Å². The lowest BCUT2D eigenvalue weighted by atomic mass is 10.1. The highest BCUT2D eigenvalue weighted by molar-refractivity contribution is 6.05. The summed E-state index contributed by atoms with van der Waals surface area (Å²) in [6, 6.07) is 12.7. The van der Waals surface area contributed by atoms with E-state index in [0.29, 0.717) is 10.9 Å². The average molecular weight is 368 g/mol. The van der Waals surface area contributed by atoms with Crippen LogP contribution in [-0.4, -0.2) is 10.9 Å². The monoisotopic (exact) mass is 368 g/mol. The topological polar surface area (TPSA) is 110 Å². The minimum absolute atomic E-state index is 0.111. The second-order valence-electron chi connectivity index (χ2n) is 6.14. The highest BCUT2D eigenvalue weighted by atomic mass is 19.1. The van der Waals surface area contributed by atoms with E-state index in [0.717, 1.165) is 11.1 Å². The van der Waals surface area contributed by atoms with Crippen LogP contribution in [0.1, 0.15) is 27.7 Å². The molecule has 1 aliphatic rings. The predicted molar refractivity (Wildman–Crippen MR) is 97.4 cm³/mol. The third-order valence-electron chi connectivity index (χ3n) is 4.28. The van der Waals surface area contributed by atoms with Crippen LogP contribution in [0.5, 0.6) is 0 Å². The van der Waals surface area contributed by atoms with E-state index < -0.39 is 17.3 Å². The lowest BCUT2D eigenvalue weighted by Gasteiger charge is -2.12. The molecule has 4 rings (SSSR count). The molecule has 2 aromatic carbocycles. The Kier molecular flexibility index (Phi) is 4.65. The van der Waals surface area contributed by atoms with Crippen LogP contribution in [0.4, 0.5) is 4.39 Å². The van der Waals surface area contributed by atoms with E-state index in [2.05, 4.69) is 32.2 Å². The molecule has 0 saturated carbocycles. The summed E-state index contributed by atoms with van der Waals surface area (Å²) in [5, 5.41) is 3.14. The molecule has 1 aliphatic heterocycles. The summed E-state index contributed by atoms with van der Waals surface area (Å²) in [5.74, 6) is -0.919. The Balaban J connectivity index is 1.55. The van der Waals surface area contributed by atoms with E-state index in [1.54, 1.807) is 0 Å². The van der Waals surface area contributed by atoms with Crippen molar-refractivity contribution in [3.8, 4) is 0 Å². The molecule has 0 bridgehead atoms. The number of aromatic amines is 1. The Labute approximate surface area is 153 Å². The van der Waals surface area contributed by atoms with Gasteiger partial charge in [-0.25, -0.2) is 15.2 Å². The molecule has 0 spiro atoms. The van der Waals surface area contributed by atoms with Crippen molar-refractivity contribution >= 4 is 16.8 Å². The summed E-state index contributed by atoms with van der Waals surface area (Å²) in [4.78, 5) is 27.0. The van der Waals surface area contributed by atoms with E-state index in [9.17, 15) is 14.0 Å². The number of hydrogen-bond donors (Lipinski definition) is 6. The number of pyridine rings is 1. The molecule has 1 amide bonds. The zero-order chi connectivity index (χ0) is 18.8. The smallest absolute Gasteiger partial charge is 0.252 e. The number of hydrazine groups is 3. The number of carbonyl (C=O) groups is 1. The number of fused-ring (bicyclic) bond motifs is 1. The zero-order valence-electron chi connectivity index (χ0n) is 14.1. The van der Waals surface area contributed by atoms with Crippen LogP contribution in [0, 0.1) is 5.82 Å². The van der Waals surface area contributed by atoms with Gasteiger partial charge in [-0.15, -0.1) is 0 Å². The van der Waals surface area contributed by atoms with E-state index in [1.807, 2.05) is 24.3 Å². The molecule has 0 radical (unpaired) electrons. The summed E-state index contributed by atoms with van der Waals surface area (Å²) in [6.45, 7) is 0.268. The fourth-order valence-electron chi connectivity index (χ4n) is 2.99. The molecule has 2 heterocycles. The quantitative estimate of drug-likeness (QED) is 0.405. The number of amides is 1. The van der Waals surface area contributed by atoms with Crippen molar-refractivity contribution in [1.29, 1.82) is 0 Å². The lowest BCUT2D eigenvalue weighted by Crippen LogP contribution is -2.33. The van der Waals surface area contributed by atoms with E-state index in [4.69, 9.17) is 0 Å². The van der Waals surface area contributed by atoms with Crippen LogP contribution in [0.2, 0.25) is 0 Å². The van der Waals surface area contributed by atoms with Gasteiger partial charge in [-0.1, -0.05) is 24.3 Å². The number of aromatic nitrogens is 1. The molecule has 0 aliphatic carbocycles. The molecule has 27 heavy (non-hydrogen) atoms. The van der Waals surface area contributed by atoms with Gasteiger partial charge in [0.15, 0.2) is 0 Å². The molecule has 8 nitrogen and oxygen atoms in total. The summed E-state index contributed by atoms with van der Waals surface area (Å²) < 4.78 is 13.6. The first-order valence-corrected chi connectivity index (χ1v) is 8.31. The number of halogens is 1. The van der Waals surface area contributed by atoms with Crippen LogP contribution >= 0.6 is 0 Å². The van der Waals surface area contributed by atoms with Crippen LogP contribution in [0.15, 0.2) is 53.3 Å². The van der Waals surface area contributed by atoms with Gasteiger partial charge in [0.1, 0.15) is 12.0 Å². The van der Waals surface area contributed by atoms with E-state index >= 15 is 0 Å². The Morgan fingerprint density at radius 1 is 1.07 bits per heavy atom. The first-order chi connectivity index (χ1) is 13.1. The fraction of sp³-hybridized carbons (Fsp3) is 0.111. The second-order valence-corrected chi connectivity index (χ2v) is 6.14. The summed E-state index contributed by atoms with van der Waals surface area (Å²) >= 11 is 0. The molecule has 3 aromatic rings. The van der Waals surface area contributed by atoms with E-state index in [1.165, 1.54) is 24.3 Å². The van der Waals surface area contributed by atoms with Gasteiger partial charge >= 0.3 is 0 Å². The molecule has 1 fully saturated rings. The molecule has 138 valence electrons. The van der Waals surface area contributed by atoms with Crippen molar-refractivity contribution < 1.29 is 9.18 Å². The average Bonchev–Trinajstić information content (AvgIpc) is 3.21. The van der Waals surface area contributed by atoms with Gasteiger partial charge in [0, 0.05) is 23.5 Å². The summed E-state index contributed by atoms with van der Waals surface area (Å²) in [7, 11) is 0. The van der Waals surface area contributed by atoms with E-state index in [-0.39, 0.29) is 18.3 Å². The number of rotatable bonds is 4. The number of H-pyrrole nitrogens is 1. The Morgan fingerprint density at radius 3 is 2.70 bits per heavy atom. The summed E-state index contributed by atoms with van der Waals surface area (Å²) in [6.07, 6.45) is -0.111. The molecule has 1 saturated heterocycles. The maximum Gasteiger partial charge on any atom is 0.252 e. The Morgan fingerprint density at radius 2 is 1.89 bits per heavy atom. The van der Waals surface area contributed by atoms with Gasteiger partial charge < -0.3 is 10.3 Å². The first-order valence-electron chi connectivity index (χ1n) is 8.31. The van der Waals surface area contributed by atoms with Crippen LogP contribution in [0.25, 0.3) is 10.9 Å². The van der Waals surface area contributed by atoms with Gasteiger partial charge in [-0.3, -0.25) is 9.59 Å². The third kappa shape index (κ3) is 3.71. The van der Waals surface area contributed by atoms with Crippen molar-refractivity contribution in [3.63, 3.8) is 0 Å². The summed E-state index contributed by atoms with van der Waals surface area (Å²) in [5.41, 5.74) is 13.5. The second kappa shape index (κ2) is 7.25. The van der Waals surface area contributed by atoms with Crippen molar-refractivity contribution in [2.45, 2.75) is 12.7 Å². The highest BCUT2D eigenvalue weighted by Gasteiger charge is 2.16. The minimum atomic E-state index is -0.477. The number of benzene rings is 2. The third-order valence-corrected chi connectivity index (χ3v) is 4.28. The SMILES string of the molecule is O=C(NCc1cccc(C2NNNN2)c1)c1cc(=O)[nH]c2ccc(F)cc12. The molecular formula is C18H17FN6O2. The van der Waals surface area contributed by atoms with Gasteiger partial charge in [-0.2, -0.15) is 11.1 Å². The maximum atomic E-state index is 13.6. The molecule has 1 aromatic heterocycles. The van der Waals surface area contributed by atoms with Crippen molar-refractivity contribution in [1.82, 2.24) is 32.2 Å². The van der Waals surface area contributed by atoms with Crippen LogP contribution in [0.3, 0.4) is 0 Å². The Bertz CT molecular complexity index is 1060. The van der Waals surface area contributed by atoms with Gasteiger partial charge in [0.05, 0.1) is 5.56 Å². The largest absolute Gasteiger partial charge is 0.348 e. The number of hydrogen-bond acceptors (Lipinski definition) is 6. The molecule has 9 heteroatoms. The van der Waals surface area contributed by atoms with Crippen LogP contribution < -0.4 is 32.8 Å². The maximum absolute atomic E-state index is 13.6. The fourth-order valence-corrected chi connectivity index (χ4v) is 2.99. The van der Waals surface area contributed by atoms with Crippen LogP contribution in [-0.2, 0) is 6.54 Å². The molecular weight excluding hydrogens is 351 g/mol. The minimum Gasteiger partial charge on any atom is -0.348 e. The molecule has 0 atom stereocenters. The van der Waals surface area contributed by atoms with Gasteiger partial charge in [0.2, 0.25) is 5.56 Å². The Hall–Kier alpha value is -3.11. The van der Waals surface area contributed by atoms with Crippen molar-refractivity contribution in [3.05, 3.63) is 81.4 Å². The normalized spacial score (nSPS) is 14.6. The predicted octanol–water partition coefficient (Wildman–Crippen LogP) is 0.713. The number of carbonyl (C=O) groups excluding carboxylic acids is 1. The molecule has 0 unspecified atom stereocenters. The number of nitrogens with one attached hydrogen (secondary N) is 6. The molecule has 6 N–H and O–H groups in total. The zero-order valence-corrected chi connectivity index (χ0v) is 14.1. The van der Waals surface area contributed by atoms with Crippen molar-refractivity contribution in [2.75, 3.05) is 0 Å². The standard InChI is InChI=1S/C18H17FN6O2/c19-12-4-5-15-13(7-12)14(8-16(26)21-15)18(27)20-9-10-2-1-3-11(6-10)17-22-24-25-23-17/h1-8,17,22-25H,9H2,(H,20,27)(H,21,26). The highest BCUT2D eigenvalue weighted by Crippen LogP contribution is 2.17. The van der Waals surface area contributed by atoms with Gasteiger partial charge in [-0.05, 0) is 29.3 Å². The van der Waals surface area contributed by atoms with Gasteiger partial charge in [0.25, 0.3) is 5.91 Å². The first kappa shape index (κ1) is 17.3.